The van der Waals surface area contributed by atoms with Gasteiger partial charge in [-0.15, -0.1) is 0 Å². The standard InChI is InChI=1S/C24H22ClF4N5O/c25-19-11-18(26)6-3-16(19)13-33-9-7-23(8-10-33)12-20-30-22(32-34(20)14-21(35)31-23)15-1-4-17(5-2-15)24(27,28)29/h1-6,11H,7-10,12-14H2,(H,31,35). The number of nitrogens with one attached hydrogen (secondary N) is 1. The van der Waals surface area contributed by atoms with Crippen LogP contribution in [0.25, 0.3) is 11.4 Å². The molecule has 1 saturated heterocycles. The average molecular weight is 508 g/mol. The number of piperidine rings is 1. The van der Waals surface area contributed by atoms with Gasteiger partial charge in [0.25, 0.3) is 0 Å². The molecular weight excluding hydrogens is 486 g/mol. The second-order valence-electron chi connectivity index (χ2n) is 9.10. The Hall–Kier alpha value is -2.98. The van der Waals surface area contributed by atoms with Gasteiger partial charge in [0.1, 0.15) is 18.2 Å². The summed E-state index contributed by atoms with van der Waals surface area (Å²) in [5.41, 5.74) is 0.0710. The van der Waals surface area contributed by atoms with E-state index >= 15 is 0 Å². The predicted molar refractivity (Wildman–Crippen MR) is 121 cm³/mol. The zero-order valence-corrected chi connectivity index (χ0v) is 19.3. The van der Waals surface area contributed by atoms with Crippen LogP contribution in [0.2, 0.25) is 5.02 Å². The summed E-state index contributed by atoms with van der Waals surface area (Å²) >= 11 is 6.17. The maximum Gasteiger partial charge on any atom is 0.416 e. The van der Waals surface area contributed by atoms with Crippen molar-refractivity contribution < 1.29 is 22.4 Å². The molecule has 3 aromatic rings. The van der Waals surface area contributed by atoms with Gasteiger partial charge in [0.2, 0.25) is 5.91 Å². The number of carbonyl (C=O) groups excluding carboxylic acids is 1. The van der Waals surface area contributed by atoms with Crippen LogP contribution in [-0.2, 0) is 30.5 Å². The normalized spacial score (nSPS) is 18.3. The highest BCUT2D eigenvalue weighted by Crippen LogP contribution is 2.32. The van der Waals surface area contributed by atoms with Gasteiger partial charge in [0, 0.05) is 42.2 Å². The largest absolute Gasteiger partial charge is 0.416 e. The van der Waals surface area contributed by atoms with Crippen molar-refractivity contribution in [1.29, 1.82) is 0 Å². The van der Waals surface area contributed by atoms with Crippen molar-refractivity contribution in [3.63, 3.8) is 0 Å². The molecule has 1 amide bonds. The van der Waals surface area contributed by atoms with Crippen molar-refractivity contribution in [3.8, 4) is 11.4 Å². The number of aromatic nitrogens is 3. The van der Waals surface area contributed by atoms with Crippen molar-refractivity contribution in [2.24, 2.45) is 0 Å². The van der Waals surface area contributed by atoms with Gasteiger partial charge in [0.05, 0.1) is 5.56 Å². The zero-order valence-electron chi connectivity index (χ0n) is 18.6. The number of likely N-dealkylation sites (tertiary alicyclic amines) is 1. The molecule has 0 saturated carbocycles. The molecule has 3 heterocycles. The van der Waals surface area contributed by atoms with E-state index in [4.69, 9.17) is 11.6 Å². The molecule has 35 heavy (non-hydrogen) atoms. The first-order chi connectivity index (χ1) is 16.6. The lowest BCUT2D eigenvalue weighted by Gasteiger charge is -2.41. The smallest absolute Gasteiger partial charge is 0.349 e. The van der Waals surface area contributed by atoms with Crippen molar-refractivity contribution in [1.82, 2.24) is 25.0 Å². The van der Waals surface area contributed by atoms with E-state index in [2.05, 4.69) is 20.3 Å². The molecule has 1 N–H and O–H groups in total. The van der Waals surface area contributed by atoms with E-state index in [0.29, 0.717) is 61.1 Å². The molecule has 0 unspecified atom stereocenters. The highest BCUT2D eigenvalue weighted by molar-refractivity contribution is 6.31. The Morgan fingerprint density at radius 2 is 1.80 bits per heavy atom. The summed E-state index contributed by atoms with van der Waals surface area (Å²) in [6, 6.07) is 9.05. The van der Waals surface area contributed by atoms with Gasteiger partial charge in [-0.3, -0.25) is 9.69 Å². The molecule has 2 aromatic carbocycles. The monoisotopic (exact) mass is 507 g/mol. The Morgan fingerprint density at radius 3 is 2.46 bits per heavy atom. The molecule has 0 bridgehead atoms. The minimum Gasteiger partial charge on any atom is -0.349 e. The fourth-order valence-electron chi connectivity index (χ4n) is 4.71. The van der Waals surface area contributed by atoms with E-state index in [-0.39, 0.29) is 18.3 Å². The average Bonchev–Trinajstić information content (AvgIpc) is 3.12. The van der Waals surface area contributed by atoms with Gasteiger partial charge >= 0.3 is 6.18 Å². The molecule has 1 fully saturated rings. The molecule has 6 nitrogen and oxygen atoms in total. The van der Waals surface area contributed by atoms with Crippen LogP contribution in [0, 0.1) is 5.82 Å². The summed E-state index contributed by atoms with van der Waals surface area (Å²) in [5.74, 6) is 0.357. The van der Waals surface area contributed by atoms with E-state index < -0.39 is 17.3 Å². The number of rotatable bonds is 3. The van der Waals surface area contributed by atoms with E-state index in [1.807, 2.05) is 0 Å². The lowest BCUT2D eigenvalue weighted by atomic mass is 9.84. The van der Waals surface area contributed by atoms with Gasteiger partial charge in [0.15, 0.2) is 5.82 Å². The third-order valence-electron chi connectivity index (χ3n) is 6.64. The van der Waals surface area contributed by atoms with Crippen molar-refractivity contribution in [3.05, 3.63) is 70.3 Å². The molecular formula is C24H22ClF4N5O. The molecule has 1 spiro atoms. The molecule has 2 aliphatic rings. The first-order valence-electron chi connectivity index (χ1n) is 11.2. The molecule has 0 aliphatic carbocycles. The van der Waals surface area contributed by atoms with Crippen LogP contribution in [0.15, 0.2) is 42.5 Å². The summed E-state index contributed by atoms with van der Waals surface area (Å²) in [6.07, 6.45) is -2.59. The van der Waals surface area contributed by atoms with E-state index in [1.165, 1.54) is 28.9 Å². The van der Waals surface area contributed by atoms with Gasteiger partial charge in [-0.25, -0.2) is 14.1 Å². The number of hydrogen-bond acceptors (Lipinski definition) is 4. The molecule has 0 atom stereocenters. The Labute approximate surface area is 203 Å². The summed E-state index contributed by atoms with van der Waals surface area (Å²) in [5, 5.41) is 7.93. The lowest BCUT2D eigenvalue weighted by Crippen LogP contribution is -2.56. The van der Waals surface area contributed by atoms with Crippen LogP contribution in [0.4, 0.5) is 17.6 Å². The summed E-state index contributed by atoms with van der Waals surface area (Å²) in [4.78, 5) is 19.5. The van der Waals surface area contributed by atoms with Crippen LogP contribution < -0.4 is 5.32 Å². The van der Waals surface area contributed by atoms with Crippen LogP contribution in [0.3, 0.4) is 0 Å². The second-order valence-corrected chi connectivity index (χ2v) is 9.51. The number of alkyl halides is 3. The quantitative estimate of drug-likeness (QED) is 0.532. The second kappa shape index (κ2) is 8.91. The van der Waals surface area contributed by atoms with Crippen molar-refractivity contribution >= 4 is 17.5 Å². The minimum absolute atomic E-state index is 0.000377. The third-order valence-corrected chi connectivity index (χ3v) is 6.99. The number of carbonyl (C=O) groups is 1. The van der Waals surface area contributed by atoms with Crippen LogP contribution in [0.5, 0.6) is 0 Å². The Kier molecular flexibility index (Phi) is 6.04. The van der Waals surface area contributed by atoms with Crippen LogP contribution >= 0.6 is 11.6 Å². The Bertz CT molecular complexity index is 1250. The SMILES string of the molecule is O=C1Cn2nc(-c3ccc(C(F)(F)F)cc3)nc2CC2(CCN(Cc3ccc(F)cc3Cl)CC2)N1. The van der Waals surface area contributed by atoms with Crippen LogP contribution in [-0.4, -0.2) is 44.2 Å². The molecule has 0 radical (unpaired) electrons. The number of halogens is 5. The fraction of sp³-hybridized carbons (Fsp3) is 0.375. The maximum absolute atomic E-state index is 13.3. The van der Waals surface area contributed by atoms with Crippen molar-refractivity contribution in [2.45, 2.75) is 44.1 Å². The number of hydrogen-bond donors (Lipinski definition) is 1. The van der Waals surface area contributed by atoms with Gasteiger partial charge < -0.3 is 5.32 Å². The highest BCUT2D eigenvalue weighted by Gasteiger charge is 2.40. The number of amides is 1. The van der Waals surface area contributed by atoms with Gasteiger partial charge in [-0.1, -0.05) is 29.8 Å². The zero-order chi connectivity index (χ0) is 24.8. The number of benzene rings is 2. The molecule has 2 aliphatic heterocycles. The predicted octanol–water partition coefficient (Wildman–Crippen LogP) is 4.46. The van der Waals surface area contributed by atoms with Gasteiger partial charge in [-0.05, 0) is 42.7 Å². The highest BCUT2D eigenvalue weighted by atomic mass is 35.5. The molecule has 184 valence electrons. The summed E-state index contributed by atoms with van der Waals surface area (Å²) < 4.78 is 53.5. The fourth-order valence-corrected chi connectivity index (χ4v) is 4.94. The number of nitrogens with zero attached hydrogens (tertiary/aromatic N) is 4. The van der Waals surface area contributed by atoms with Crippen molar-refractivity contribution in [2.75, 3.05) is 13.1 Å². The van der Waals surface area contributed by atoms with Gasteiger partial charge in [-0.2, -0.15) is 18.3 Å². The van der Waals surface area contributed by atoms with Crippen LogP contribution in [0.1, 0.15) is 29.8 Å². The molecule has 5 rings (SSSR count). The van der Waals surface area contributed by atoms with E-state index in [0.717, 1.165) is 17.7 Å². The minimum atomic E-state index is -4.42. The topological polar surface area (TPSA) is 63.1 Å². The first-order valence-corrected chi connectivity index (χ1v) is 11.6. The maximum atomic E-state index is 13.3. The molecule has 11 heteroatoms. The first kappa shape index (κ1) is 23.7. The Balaban J connectivity index is 1.31. The van der Waals surface area contributed by atoms with E-state index in [9.17, 15) is 22.4 Å². The molecule has 1 aromatic heterocycles. The summed E-state index contributed by atoms with van der Waals surface area (Å²) in [6.45, 7) is 1.98. The number of fused-ring (bicyclic) bond motifs is 1. The Morgan fingerprint density at radius 1 is 1.09 bits per heavy atom. The lowest BCUT2D eigenvalue weighted by molar-refractivity contribution is -0.137. The van der Waals surface area contributed by atoms with E-state index in [1.54, 1.807) is 6.07 Å². The summed E-state index contributed by atoms with van der Waals surface area (Å²) in [7, 11) is 0. The third kappa shape index (κ3) is 5.04.